The van der Waals surface area contributed by atoms with Gasteiger partial charge in [0.15, 0.2) is 11.5 Å². The molecule has 0 radical (unpaired) electrons. The first-order valence-electron chi connectivity index (χ1n) is 9.80. The second kappa shape index (κ2) is 8.76. The SMILES string of the molecule is COc1ccc(/C(C#N)=C/c2cn(Cc3ccccc3F)c3ccccc23)cc1OC. The van der Waals surface area contributed by atoms with E-state index >= 15 is 0 Å². The van der Waals surface area contributed by atoms with E-state index in [1.807, 2.05) is 53.2 Å². The molecule has 4 rings (SSSR count). The van der Waals surface area contributed by atoms with Crippen LogP contribution in [0.4, 0.5) is 4.39 Å². The third-order valence-electron chi connectivity index (χ3n) is 5.23. The van der Waals surface area contributed by atoms with Crippen LogP contribution in [0.3, 0.4) is 0 Å². The monoisotopic (exact) mass is 412 g/mol. The summed E-state index contributed by atoms with van der Waals surface area (Å²) in [4.78, 5) is 0. The third kappa shape index (κ3) is 4.01. The molecular weight excluding hydrogens is 391 g/mol. The lowest BCUT2D eigenvalue weighted by Crippen LogP contribution is -2.00. The molecule has 1 aromatic heterocycles. The highest BCUT2D eigenvalue weighted by molar-refractivity contribution is 5.98. The summed E-state index contributed by atoms with van der Waals surface area (Å²) in [6.07, 6.45) is 3.80. The molecule has 4 aromatic rings. The van der Waals surface area contributed by atoms with Crippen LogP contribution in [0.1, 0.15) is 16.7 Å². The third-order valence-corrected chi connectivity index (χ3v) is 5.23. The van der Waals surface area contributed by atoms with Crippen LogP contribution in [0.2, 0.25) is 0 Å². The second-order valence-corrected chi connectivity index (χ2v) is 7.06. The summed E-state index contributed by atoms with van der Waals surface area (Å²) < 4.78 is 26.9. The first-order chi connectivity index (χ1) is 15.1. The molecule has 0 amide bonds. The number of halogens is 1. The van der Waals surface area contributed by atoms with Gasteiger partial charge in [0.25, 0.3) is 0 Å². The minimum atomic E-state index is -0.236. The Morgan fingerprint density at radius 1 is 1.00 bits per heavy atom. The van der Waals surface area contributed by atoms with E-state index in [1.165, 1.54) is 6.07 Å². The first-order valence-corrected chi connectivity index (χ1v) is 9.80. The Morgan fingerprint density at radius 2 is 1.74 bits per heavy atom. The number of rotatable bonds is 6. The zero-order chi connectivity index (χ0) is 21.8. The van der Waals surface area contributed by atoms with Crippen molar-refractivity contribution in [2.45, 2.75) is 6.54 Å². The van der Waals surface area contributed by atoms with Crippen molar-refractivity contribution in [3.63, 3.8) is 0 Å². The molecule has 0 fully saturated rings. The van der Waals surface area contributed by atoms with Gasteiger partial charge >= 0.3 is 0 Å². The highest BCUT2D eigenvalue weighted by Gasteiger charge is 2.12. The fraction of sp³-hybridized carbons (Fsp3) is 0.115. The van der Waals surface area contributed by atoms with Crippen molar-refractivity contribution in [3.05, 3.63) is 95.4 Å². The van der Waals surface area contributed by atoms with E-state index in [1.54, 1.807) is 38.5 Å². The van der Waals surface area contributed by atoms with Crippen LogP contribution in [0.5, 0.6) is 11.5 Å². The highest BCUT2D eigenvalue weighted by atomic mass is 19.1. The molecule has 0 atom stereocenters. The molecule has 5 heteroatoms. The average molecular weight is 412 g/mol. The molecular formula is C26H21FN2O2. The van der Waals surface area contributed by atoms with Gasteiger partial charge in [-0.15, -0.1) is 0 Å². The molecule has 0 aliphatic rings. The summed E-state index contributed by atoms with van der Waals surface area (Å²) in [5.41, 5.74) is 3.69. The maximum atomic E-state index is 14.2. The molecule has 3 aromatic carbocycles. The fourth-order valence-electron chi connectivity index (χ4n) is 3.67. The van der Waals surface area contributed by atoms with Crippen molar-refractivity contribution in [2.24, 2.45) is 0 Å². The van der Waals surface area contributed by atoms with Gasteiger partial charge in [0.2, 0.25) is 0 Å². The molecule has 0 saturated carbocycles. The van der Waals surface area contributed by atoms with Gasteiger partial charge in [-0.1, -0.05) is 36.4 Å². The Hall–Kier alpha value is -4.04. The number of fused-ring (bicyclic) bond motifs is 1. The van der Waals surface area contributed by atoms with Crippen LogP contribution in [0.25, 0.3) is 22.6 Å². The standard InChI is InChI=1S/C26H21FN2O2/c1-30-25-12-11-18(14-26(25)31-2)20(15-28)13-21-17-29(24-10-6-4-8-22(21)24)16-19-7-3-5-9-23(19)27/h3-14,17H,16H2,1-2H3/b20-13+. The number of nitrogens with zero attached hydrogens (tertiary/aromatic N) is 2. The number of allylic oxidation sites excluding steroid dienone is 1. The zero-order valence-corrected chi connectivity index (χ0v) is 17.3. The Kier molecular flexibility index (Phi) is 5.72. The molecule has 31 heavy (non-hydrogen) atoms. The lowest BCUT2D eigenvalue weighted by Gasteiger charge is -2.09. The molecule has 0 aliphatic heterocycles. The van der Waals surface area contributed by atoms with E-state index in [4.69, 9.17) is 9.47 Å². The predicted octanol–water partition coefficient (Wildman–Crippen LogP) is 5.91. The number of hydrogen-bond acceptors (Lipinski definition) is 3. The number of hydrogen-bond donors (Lipinski definition) is 0. The normalized spacial score (nSPS) is 11.4. The van der Waals surface area contributed by atoms with Crippen molar-refractivity contribution < 1.29 is 13.9 Å². The van der Waals surface area contributed by atoms with Gasteiger partial charge in [0.1, 0.15) is 5.82 Å². The van der Waals surface area contributed by atoms with Crippen molar-refractivity contribution in [1.82, 2.24) is 4.57 Å². The summed E-state index contributed by atoms with van der Waals surface area (Å²) in [7, 11) is 3.14. The molecule has 0 unspecified atom stereocenters. The van der Waals surface area contributed by atoms with Crippen LogP contribution in [-0.4, -0.2) is 18.8 Å². The molecule has 0 aliphatic carbocycles. The fourth-order valence-corrected chi connectivity index (χ4v) is 3.67. The van der Waals surface area contributed by atoms with Gasteiger partial charge in [-0.2, -0.15) is 5.26 Å². The molecule has 0 N–H and O–H groups in total. The summed E-state index contributed by atoms with van der Waals surface area (Å²) in [6.45, 7) is 0.402. The molecule has 0 saturated heterocycles. The van der Waals surface area contributed by atoms with Crippen molar-refractivity contribution in [3.8, 4) is 17.6 Å². The van der Waals surface area contributed by atoms with Crippen LogP contribution >= 0.6 is 0 Å². The van der Waals surface area contributed by atoms with E-state index in [2.05, 4.69) is 6.07 Å². The van der Waals surface area contributed by atoms with Crippen molar-refractivity contribution >= 4 is 22.6 Å². The Labute approximate surface area is 180 Å². The average Bonchev–Trinajstić information content (AvgIpc) is 3.15. The minimum absolute atomic E-state index is 0.236. The smallest absolute Gasteiger partial charge is 0.161 e. The summed E-state index contributed by atoms with van der Waals surface area (Å²) in [5.74, 6) is 0.925. The maximum Gasteiger partial charge on any atom is 0.161 e. The van der Waals surface area contributed by atoms with Crippen molar-refractivity contribution in [1.29, 1.82) is 5.26 Å². The first kappa shape index (κ1) is 20.2. The van der Waals surface area contributed by atoms with Gasteiger partial charge < -0.3 is 14.0 Å². The number of ether oxygens (including phenoxy) is 2. The highest BCUT2D eigenvalue weighted by Crippen LogP contribution is 2.32. The number of methoxy groups -OCH3 is 2. The van der Waals surface area contributed by atoms with E-state index in [0.29, 0.717) is 29.2 Å². The van der Waals surface area contributed by atoms with Gasteiger partial charge in [-0.3, -0.25) is 0 Å². The summed E-state index contributed by atoms with van der Waals surface area (Å²) in [5, 5.41) is 10.8. The quantitative estimate of drug-likeness (QED) is 0.370. The van der Waals surface area contributed by atoms with E-state index in [0.717, 1.165) is 22.0 Å². The Balaban J connectivity index is 1.80. The van der Waals surface area contributed by atoms with Gasteiger partial charge in [-0.25, -0.2) is 4.39 Å². The lowest BCUT2D eigenvalue weighted by molar-refractivity contribution is 0.355. The van der Waals surface area contributed by atoms with Gasteiger partial charge in [0, 0.05) is 28.2 Å². The second-order valence-electron chi connectivity index (χ2n) is 7.06. The van der Waals surface area contributed by atoms with Crippen LogP contribution < -0.4 is 9.47 Å². The summed E-state index contributed by atoms with van der Waals surface area (Å²) in [6, 6.07) is 22.3. The summed E-state index contributed by atoms with van der Waals surface area (Å²) >= 11 is 0. The Bertz CT molecular complexity index is 1310. The molecule has 0 spiro atoms. The van der Waals surface area contributed by atoms with E-state index in [-0.39, 0.29) is 5.82 Å². The van der Waals surface area contributed by atoms with Crippen molar-refractivity contribution in [2.75, 3.05) is 14.2 Å². The van der Waals surface area contributed by atoms with Crippen LogP contribution in [0.15, 0.2) is 72.9 Å². The molecule has 4 nitrogen and oxygen atoms in total. The van der Waals surface area contributed by atoms with E-state index < -0.39 is 0 Å². The molecule has 1 heterocycles. The van der Waals surface area contributed by atoms with Gasteiger partial charge in [-0.05, 0) is 42.0 Å². The number of para-hydroxylation sites is 1. The number of nitriles is 1. The largest absolute Gasteiger partial charge is 0.493 e. The minimum Gasteiger partial charge on any atom is -0.493 e. The van der Waals surface area contributed by atoms with Crippen LogP contribution in [-0.2, 0) is 6.54 Å². The number of benzene rings is 3. The Morgan fingerprint density at radius 3 is 2.48 bits per heavy atom. The van der Waals surface area contributed by atoms with E-state index in [9.17, 15) is 9.65 Å². The molecule has 0 bridgehead atoms. The number of aromatic nitrogens is 1. The maximum absolute atomic E-state index is 14.2. The topological polar surface area (TPSA) is 47.2 Å². The van der Waals surface area contributed by atoms with Crippen LogP contribution in [0, 0.1) is 17.1 Å². The lowest BCUT2D eigenvalue weighted by atomic mass is 10.0. The molecule has 154 valence electrons. The predicted molar refractivity (Wildman–Crippen MR) is 120 cm³/mol. The van der Waals surface area contributed by atoms with Gasteiger partial charge in [0.05, 0.1) is 32.4 Å². The zero-order valence-electron chi connectivity index (χ0n) is 17.3.